The molecule has 1 aromatic carbocycles. The molecule has 66 valence electrons. The molecule has 13 heavy (non-hydrogen) atoms. The first-order valence-corrected chi connectivity index (χ1v) is 5.06. The van der Waals surface area contributed by atoms with Crippen molar-refractivity contribution < 1.29 is 8.42 Å². The van der Waals surface area contributed by atoms with Gasteiger partial charge in [0.2, 0.25) is 0 Å². The van der Waals surface area contributed by atoms with E-state index >= 15 is 0 Å². The summed E-state index contributed by atoms with van der Waals surface area (Å²) >= 11 is 0. The van der Waals surface area contributed by atoms with Crippen LogP contribution in [0, 0.1) is 0 Å². The van der Waals surface area contributed by atoms with Crippen molar-refractivity contribution in [2.45, 2.75) is 4.90 Å². The van der Waals surface area contributed by atoms with Gasteiger partial charge in [0.25, 0.3) is 18.0 Å². The van der Waals surface area contributed by atoms with E-state index in [9.17, 15) is 8.42 Å². The Balaban J connectivity index is 2.76. The molecule has 0 aliphatic carbocycles. The number of sulfonamides is 1. The van der Waals surface area contributed by atoms with Crippen molar-refractivity contribution in [1.29, 1.82) is 0 Å². The van der Waals surface area contributed by atoms with Crippen LogP contribution in [0.25, 0.3) is 0 Å². The molecule has 0 saturated heterocycles. The average molecular weight is 195 g/mol. The van der Waals surface area contributed by atoms with Crippen LogP contribution in [0.5, 0.6) is 0 Å². The number of hydrogen-bond donors (Lipinski definition) is 0. The molecular weight excluding hydrogens is 189 g/mol. The second-order valence-corrected chi connectivity index (χ2v) is 4.51. The molecule has 1 aliphatic heterocycles. The fourth-order valence-corrected chi connectivity index (χ4v) is 2.10. The third-order valence-electron chi connectivity index (χ3n) is 1.77. The number of benzene rings is 1. The Kier molecular flexibility index (Phi) is 1.62. The summed E-state index contributed by atoms with van der Waals surface area (Å²) in [5, 5.41) is 7.24. The molecule has 2 rings (SSSR count). The fourth-order valence-electron chi connectivity index (χ4n) is 1.06. The highest BCUT2D eigenvalue weighted by Gasteiger charge is 2.25. The van der Waals surface area contributed by atoms with Gasteiger partial charge in [-0.3, -0.25) is 0 Å². The van der Waals surface area contributed by atoms with Crippen LogP contribution < -0.4 is 0 Å². The summed E-state index contributed by atoms with van der Waals surface area (Å²) in [6.45, 7) is 0. The van der Waals surface area contributed by atoms with Crippen LogP contribution in [-0.2, 0) is 10.0 Å². The van der Waals surface area contributed by atoms with Gasteiger partial charge in [0.1, 0.15) is 10.6 Å². The molecule has 1 heterocycles. The smallest absolute Gasteiger partial charge is 0.228 e. The molecule has 0 fully saturated rings. The van der Waals surface area contributed by atoms with Gasteiger partial charge in [-0.05, 0) is 12.1 Å². The summed E-state index contributed by atoms with van der Waals surface area (Å²) in [4.78, 5) is 0.201. The van der Waals surface area contributed by atoms with Crippen molar-refractivity contribution in [2.75, 3.05) is 0 Å². The molecular formula is C6H6BN3O2S. The van der Waals surface area contributed by atoms with Crippen molar-refractivity contribution in [3.8, 4) is 0 Å². The van der Waals surface area contributed by atoms with Gasteiger partial charge in [-0.15, -0.1) is 5.11 Å². The maximum absolute atomic E-state index is 11.6. The van der Waals surface area contributed by atoms with Crippen molar-refractivity contribution in [3.05, 3.63) is 24.3 Å². The Morgan fingerprint density at radius 3 is 2.77 bits per heavy atom. The Bertz CT molecular complexity index is 471. The molecule has 0 radical (unpaired) electrons. The minimum absolute atomic E-state index is 0.201. The van der Waals surface area contributed by atoms with Gasteiger partial charge in [-0.2, -0.15) is 0 Å². The minimum atomic E-state index is -3.45. The summed E-state index contributed by atoms with van der Waals surface area (Å²) in [5.74, 6) is 0. The molecule has 0 N–H and O–H groups in total. The van der Waals surface area contributed by atoms with E-state index in [1.165, 1.54) is 14.0 Å². The number of fused-ring (bicyclic) bond motifs is 1. The zero-order valence-corrected chi connectivity index (χ0v) is 7.69. The Hall–Kier alpha value is -1.37. The molecule has 0 bridgehead atoms. The molecule has 0 amide bonds. The van der Waals surface area contributed by atoms with Gasteiger partial charge < -0.3 is 0 Å². The van der Waals surface area contributed by atoms with E-state index < -0.39 is 10.0 Å². The summed E-state index contributed by atoms with van der Waals surface area (Å²) in [7, 11) is -2.09. The highest BCUT2D eigenvalue weighted by Crippen LogP contribution is 2.30. The van der Waals surface area contributed by atoms with Crippen molar-refractivity contribution in [2.24, 2.45) is 10.3 Å². The van der Waals surface area contributed by atoms with Gasteiger partial charge in [-0.25, -0.2) is 12.7 Å². The molecule has 0 atom stereocenters. The minimum Gasteiger partial charge on any atom is -0.228 e. The summed E-state index contributed by atoms with van der Waals surface area (Å²) in [6.07, 6.45) is 0. The Morgan fingerprint density at radius 2 is 2.00 bits per heavy atom. The predicted octanol–water partition coefficient (Wildman–Crippen LogP) is 0.238. The van der Waals surface area contributed by atoms with Gasteiger partial charge in [0.15, 0.2) is 0 Å². The largest absolute Gasteiger partial charge is 0.270 e. The van der Waals surface area contributed by atoms with E-state index in [2.05, 4.69) is 10.3 Å². The summed E-state index contributed by atoms with van der Waals surface area (Å²) in [5.41, 5.74) is 0.389. The Morgan fingerprint density at radius 1 is 1.31 bits per heavy atom. The van der Waals surface area contributed by atoms with E-state index in [-0.39, 0.29) is 4.90 Å². The maximum atomic E-state index is 11.6. The third-order valence-corrected chi connectivity index (χ3v) is 3.44. The third kappa shape index (κ3) is 1.12. The van der Waals surface area contributed by atoms with Crippen LogP contribution in [0.1, 0.15) is 0 Å². The molecule has 0 spiro atoms. The second-order valence-electron chi connectivity index (χ2n) is 2.60. The van der Waals surface area contributed by atoms with Gasteiger partial charge >= 0.3 is 0 Å². The van der Waals surface area contributed by atoms with Gasteiger partial charge in [-0.1, -0.05) is 17.4 Å². The van der Waals surface area contributed by atoms with E-state index in [4.69, 9.17) is 0 Å². The molecule has 7 heteroatoms. The monoisotopic (exact) mass is 195 g/mol. The average Bonchev–Trinajstić information content (AvgIpc) is 2.13. The quantitative estimate of drug-likeness (QED) is 0.556. The molecule has 1 aliphatic rings. The van der Waals surface area contributed by atoms with Crippen LogP contribution in [0.3, 0.4) is 0 Å². The molecule has 0 unspecified atom stereocenters. The van der Waals surface area contributed by atoms with Crippen molar-refractivity contribution >= 4 is 23.7 Å². The standard InChI is InChI=1S/C6H6BN3O2S/c7-10-9-8-5-3-1-2-4-6(5)13(10,11)12/h1-4H,7H2. The molecule has 5 nitrogen and oxygen atoms in total. The lowest BCUT2D eigenvalue weighted by Gasteiger charge is -2.18. The lowest BCUT2D eigenvalue weighted by atomic mass is 10.3. The van der Waals surface area contributed by atoms with E-state index in [1.807, 2.05) is 0 Å². The summed E-state index contributed by atoms with van der Waals surface area (Å²) in [6, 6.07) is 6.51. The first-order valence-electron chi connectivity index (χ1n) is 3.62. The van der Waals surface area contributed by atoms with Crippen molar-refractivity contribution in [1.82, 2.24) is 4.33 Å². The first-order chi connectivity index (χ1) is 6.12. The lowest BCUT2D eigenvalue weighted by molar-refractivity contribution is 0.529. The maximum Gasteiger partial charge on any atom is 0.270 e. The zero-order chi connectivity index (χ0) is 9.47. The molecule has 1 aromatic rings. The number of rotatable bonds is 0. The van der Waals surface area contributed by atoms with Crippen LogP contribution in [0.4, 0.5) is 5.69 Å². The van der Waals surface area contributed by atoms with Crippen LogP contribution in [0.15, 0.2) is 39.5 Å². The van der Waals surface area contributed by atoms with Crippen LogP contribution in [0.2, 0.25) is 0 Å². The highest BCUT2D eigenvalue weighted by molar-refractivity contribution is 7.90. The molecule has 0 saturated carbocycles. The van der Waals surface area contributed by atoms with Crippen molar-refractivity contribution in [3.63, 3.8) is 0 Å². The van der Waals surface area contributed by atoms with E-state index in [0.717, 1.165) is 4.33 Å². The first kappa shape index (κ1) is 8.24. The number of nitrogens with zero attached hydrogens (tertiary/aromatic N) is 3. The predicted molar refractivity (Wildman–Crippen MR) is 48.5 cm³/mol. The van der Waals surface area contributed by atoms with Gasteiger partial charge in [0.05, 0.1) is 0 Å². The van der Waals surface area contributed by atoms with Crippen LogP contribution in [-0.4, -0.2) is 20.7 Å². The Labute approximate surface area is 76.5 Å². The fraction of sp³-hybridized carbons (Fsp3) is 0. The summed E-state index contributed by atoms with van der Waals surface area (Å²) < 4.78 is 24.0. The lowest BCUT2D eigenvalue weighted by Crippen LogP contribution is -2.24. The van der Waals surface area contributed by atoms with E-state index in [1.54, 1.807) is 18.2 Å². The number of hydrogen-bond acceptors (Lipinski definition) is 4. The SMILES string of the molecule is BN1N=Nc2ccccc2S1(=O)=O. The second kappa shape index (κ2) is 2.56. The topological polar surface area (TPSA) is 62.1 Å². The van der Waals surface area contributed by atoms with E-state index in [0.29, 0.717) is 5.69 Å². The normalized spacial score (nSPS) is 18.3. The van der Waals surface area contributed by atoms with Gasteiger partial charge in [0, 0.05) is 0 Å². The van der Waals surface area contributed by atoms with Crippen LogP contribution >= 0.6 is 0 Å². The highest BCUT2D eigenvalue weighted by atomic mass is 32.2. The molecule has 0 aromatic heterocycles. The zero-order valence-electron chi connectivity index (χ0n) is 6.88.